The molecule has 1 saturated heterocycles. The third-order valence-electron chi connectivity index (χ3n) is 4.07. The lowest BCUT2D eigenvalue weighted by molar-refractivity contribution is 0.591. The van der Waals surface area contributed by atoms with Gasteiger partial charge in [-0.25, -0.2) is 18.1 Å². The topological polar surface area (TPSA) is 73.8 Å². The van der Waals surface area contributed by atoms with Crippen molar-refractivity contribution in [1.82, 2.24) is 4.72 Å². The maximum Gasteiger partial charge on any atom is 0.266 e. The van der Waals surface area contributed by atoms with Crippen molar-refractivity contribution in [2.75, 3.05) is 23.3 Å². The quantitative estimate of drug-likeness (QED) is 0.868. The van der Waals surface area contributed by atoms with Gasteiger partial charge < -0.3 is 10.2 Å². The van der Waals surface area contributed by atoms with Gasteiger partial charge in [0.15, 0.2) is 0 Å². The first-order chi connectivity index (χ1) is 10.1. The largest absolute Gasteiger partial charge is 0.371 e. The molecule has 3 aliphatic rings. The highest BCUT2D eigenvalue weighted by Crippen LogP contribution is 2.31. The number of nitrogens with zero attached hydrogens (tertiary/aromatic N) is 2. The Labute approximate surface area is 124 Å². The second kappa shape index (κ2) is 4.62. The normalized spacial score (nSPS) is 25.3. The van der Waals surface area contributed by atoms with E-state index in [9.17, 15) is 8.42 Å². The second-order valence-corrected chi connectivity index (χ2v) is 7.46. The van der Waals surface area contributed by atoms with Crippen LogP contribution in [0.25, 0.3) is 0 Å². The molecule has 0 aromatic heterocycles. The van der Waals surface area contributed by atoms with Crippen LogP contribution >= 0.6 is 0 Å². The molecule has 0 spiro atoms. The molecule has 0 radical (unpaired) electrons. The van der Waals surface area contributed by atoms with Crippen LogP contribution in [0.3, 0.4) is 0 Å². The van der Waals surface area contributed by atoms with E-state index >= 15 is 0 Å². The SMILES string of the molecule is O=S1(=O)NC(=NC2CC2)Nc2ccc(N3CCCC3)cc21. The lowest BCUT2D eigenvalue weighted by Crippen LogP contribution is -2.41. The molecule has 4 rings (SSSR count). The third kappa shape index (κ3) is 2.46. The van der Waals surface area contributed by atoms with Crippen molar-refractivity contribution in [3.63, 3.8) is 0 Å². The molecule has 1 aliphatic carbocycles. The van der Waals surface area contributed by atoms with Gasteiger partial charge in [-0.2, -0.15) is 0 Å². The minimum atomic E-state index is -3.53. The minimum Gasteiger partial charge on any atom is -0.371 e. The molecule has 2 N–H and O–H groups in total. The van der Waals surface area contributed by atoms with E-state index in [4.69, 9.17) is 0 Å². The van der Waals surface area contributed by atoms with E-state index in [-0.39, 0.29) is 6.04 Å². The Morgan fingerprint density at radius 3 is 2.67 bits per heavy atom. The van der Waals surface area contributed by atoms with Crippen molar-refractivity contribution >= 4 is 27.4 Å². The summed E-state index contributed by atoms with van der Waals surface area (Å²) >= 11 is 0. The number of rotatable bonds is 2. The molecule has 1 saturated carbocycles. The van der Waals surface area contributed by atoms with Crippen LogP contribution in [-0.2, 0) is 10.0 Å². The molecule has 0 amide bonds. The van der Waals surface area contributed by atoms with E-state index in [1.54, 1.807) is 6.07 Å². The first-order valence-corrected chi connectivity index (χ1v) is 8.87. The van der Waals surface area contributed by atoms with Crippen LogP contribution in [0, 0.1) is 0 Å². The number of aliphatic imine (C=N–C) groups is 1. The summed E-state index contributed by atoms with van der Waals surface area (Å²) in [6.07, 6.45) is 4.40. The fourth-order valence-corrected chi connectivity index (χ4v) is 3.94. The number of nitrogens with one attached hydrogen (secondary N) is 2. The molecule has 21 heavy (non-hydrogen) atoms. The Morgan fingerprint density at radius 1 is 1.19 bits per heavy atom. The summed E-state index contributed by atoms with van der Waals surface area (Å²) in [6.45, 7) is 1.99. The monoisotopic (exact) mass is 306 g/mol. The van der Waals surface area contributed by atoms with Gasteiger partial charge in [0.1, 0.15) is 4.90 Å². The molecule has 2 heterocycles. The Balaban J connectivity index is 1.71. The zero-order valence-electron chi connectivity index (χ0n) is 11.7. The zero-order chi connectivity index (χ0) is 14.4. The van der Waals surface area contributed by atoms with Crippen LogP contribution in [0.15, 0.2) is 28.1 Å². The highest BCUT2D eigenvalue weighted by molar-refractivity contribution is 7.90. The van der Waals surface area contributed by atoms with Crippen molar-refractivity contribution in [2.45, 2.75) is 36.6 Å². The summed E-state index contributed by atoms with van der Waals surface area (Å²) in [5, 5.41) is 3.08. The minimum absolute atomic E-state index is 0.264. The van der Waals surface area contributed by atoms with Crippen LogP contribution < -0.4 is 14.9 Å². The summed E-state index contributed by atoms with van der Waals surface area (Å²) < 4.78 is 27.3. The smallest absolute Gasteiger partial charge is 0.266 e. The maximum absolute atomic E-state index is 12.4. The maximum atomic E-state index is 12.4. The Bertz CT molecular complexity index is 704. The molecule has 2 aliphatic heterocycles. The van der Waals surface area contributed by atoms with E-state index in [0.717, 1.165) is 31.6 Å². The molecule has 2 fully saturated rings. The Kier molecular flexibility index (Phi) is 2.85. The van der Waals surface area contributed by atoms with E-state index in [1.165, 1.54) is 12.8 Å². The van der Waals surface area contributed by atoms with Gasteiger partial charge in [-0.1, -0.05) is 0 Å². The van der Waals surface area contributed by atoms with Gasteiger partial charge in [-0.15, -0.1) is 0 Å². The number of hydrogen-bond acceptors (Lipinski definition) is 4. The summed E-state index contributed by atoms with van der Waals surface area (Å²) in [5.41, 5.74) is 1.58. The van der Waals surface area contributed by atoms with Gasteiger partial charge in [-0.05, 0) is 43.9 Å². The lowest BCUT2D eigenvalue weighted by Gasteiger charge is -2.24. The molecule has 1 aromatic rings. The third-order valence-corrected chi connectivity index (χ3v) is 5.45. The highest BCUT2D eigenvalue weighted by atomic mass is 32.2. The molecule has 0 bridgehead atoms. The summed E-state index contributed by atoms with van der Waals surface area (Å²) in [5.74, 6) is 0.346. The molecular formula is C14H18N4O2S. The van der Waals surface area contributed by atoms with Crippen LogP contribution in [0.5, 0.6) is 0 Å². The summed E-state index contributed by atoms with van der Waals surface area (Å²) in [4.78, 5) is 6.88. The molecule has 0 unspecified atom stereocenters. The van der Waals surface area contributed by atoms with Gasteiger partial charge in [0.05, 0.1) is 11.7 Å². The predicted octanol–water partition coefficient (Wildman–Crippen LogP) is 1.51. The molecule has 0 atom stereocenters. The van der Waals surface area contributed by atoms with E-state index in [2.05, 4.69) is 19.9 Å². The fraction of sp³-hybridized carbons (Fsp3) is 0.500. The summed E-state index contributed by atoms with van der Waals surface area (Å²) in [7, 11) is -3.53. The van der Waals surface area contributed by atoms with Crippen LogP contribution in [0.4, 0.5) is 11.4 Å². The standard InChI is InChI=1S/C14H18N4O2S/c19-21(20)13-9-11(18-7-1-2-8-18)5-6-12(13)16-14(17-21)15-10-3-4-10/h5-6,9-10H,1-4,7-8H2,(H2,15,16,17). The average Bonchev–Trinajstić information content (AvgIpc) is 3.08. The van der Waals surface area contributed by atoms with Crippen molar-refractivity contribution in [2.24, 2.45) is 4.99 Å². The van der Waals surface area contributed by atoms with Crippen LogP contribution in [0.2, 0.25) is 0 Å². The second-order valence-electron chi connectivity index (χ2n) is 5.81. The van der Waals surface area contributed by atoms with Gasteiger partial charge in [-0.3, -0.25) is 0 Å². The van der Waals surface area contributed by atoms with Gasteiger partial charge >= 0.3 is 0 Å². The van der Waals surface area contributed by atoms with Crippen molar-refractivity contribution < 1.29 is 8.42 Å². The predicted molar refractivity (Wildman–Crippen MR) is 82.3 cm³/mol. The van der Waals surface area contributed by atoms with Crippen molar-refractivity contribution in [1.29, 1.82) is 0 Å². The number of sulfonamides is 1. The molecular weight excluding hydrogens is 288 g/mol. The molecule has 1 aromatic carbocycles. The summed E-state index contributed by atoms with van der Waals surface area (Å²) in [6, 6.07) is 5.83. The lowest BCUT2D eigenvalue weighted by atomic mass is 10.2. The first-order valence-electron chi connectivity index (χ1n) is 7.38. The molecule has 112 valence electrons. The van der Waals surface area contributed by atoms with Gasteiger partial charge in [0.25, 0.3) is 10.0 Å². The Hall–Kier alpha value is -1.76. The molecule has 6 nitrogen and oxygen atoms in total. The van der Waals surface area contributed by atoms with Crippen LogP contribution in [-0.4, -0.2) is 33.5 Å². The van der Waals surface area contributed by atoms with Crippen molar-refractivity contribution in [3.05, 3.63) is 18.2 Å². The van der Waals surface area contributed by atoms with Crippen LogP contribution in [0.1, 0.15) is 25.7 Å². The number of fused-ring (bicyclic) bond motifs is 1. The van der Waals surface area contributed by atoms with Gasteiger partial charge in [0, 0.05) is 18.8 Å². The number of guanidine groups is 1. The Morgan fingerprint density at radius 2 is 1.95 bits per heavy atom. The van der Waals surface area contributed by atoms with E-state index in [0.29, 0.717) is 16.5 Å². The number of benzene rings is 1. The van der Waals surface area contributed by atoms with E-state index in [1.807, 2.05) is 12.1 Å². The van der Waals surface area contributed by atoms with E-state index < -0.39 is 10.0 Å². The molecule has 7 heteroatoms. The fourth-order valence-electron chi connectivity index (χ4n) is 2.79. The number of anilines is 2. The first kappa shape index (κ1) is 12.9. The average molecular weight is 306 g/mol. The van der Waals surface area contributed by atoms with Gasteiger partial charge in [0.2, 0.25) is 5.96 Å². The zero-order valence-corrected chi connectivity index (χ0v) is 12.5. The highest BCUT2D eigenvalue weighted by Gasteiger charge is 2.30. The number of hydrogen-bond donors (Lipinski definition) is 2. The van der Waals surface area contributed by atoms with Crippen molar-refractivity contribution in [3.8, 4) is 0 Å².